The van der Waals surface area contributed by atoms with Crippen molar-refractivity contribution in [3.05, 3.63) is 34.9 Å². The third-order valence-corrected chi connectivity index (χ3v) is 5.95. The molecule has 3 fully saturated rings. The van der Waals surface area contributed by atoms with Gasteiger partial charge in [0.1, 0.15) is 5.78 Å². The maximum Gasteiger partial charge on any atom is 0.227 e. The minimum atomic E-state index is -0.886. The first kappa shape index (κ1) is 15.2. The molecule has 0 aromatic heterocycles. The number of Topliss-reactive ketones (excluding diaryl/α,β-unsaturated/α-hetero) is 1. The number of ketones is 1. The van der Waals surface area contributed by atoms with Crippen LogP contribution in [0.15, 0.2) is 24.3 Å². The number of carbonyl (C=O) groups is 2. The summed E-state index contributed by atoms with van der Waals surface area (Å²) in [4.78, 5) is 25.8. The lowest BCUT2D eigenvalue weighted by atomic mass is 9.78. The second-order valence-electron chi connectivity index (χ2n) is 7.22. The number of fused-ring (bicyclic) bond motifs is 2. The van der Waals surface area contributed by atoms with Crippen LogP contribution in [0.25, 0.3) is 0 Å². The second-order valence-corrected chi connectivity index (χ2v) is 7.66. The summed E-state index contributed by atoms with van der Waals surface area (Å²) in [6.07, 6.45) is 3.81. The van der Waals surface area contributed by atoms with Crippen LogP contribution in [0.5, 0.6) is 0 Å². The average molecular weight is 334 g/mol. The molecule has 1 N–H and O–H groups in total. The van der Waals surface area contributed by atoms with Crippen LogP contribution in [0.2, 0.25) is 5.02 Å². The summed E-state index contributed by atoms with van der Waals surface area (Å²) in [7, 11) is 0. The number of benzene rings is 1. The second kappa shape index (κ2) is 5.32. The summed E-state index contributed by atoms with van der Waals surface area (Å²) in [6, 6.07) is 7.52. The molecule has 1 amide bonds. The Morgan fingerprint density at radius 2 is 1.70 bits per heavy atom. The molecule has 5 heteroatoms. The number of piperidine rings is 1. The number of amides is 1. The first-order valence-corrected chi connectivity index (χ1v) is 8.66. The van der Waals surface area contributed by atoms with Crippen LogP contribution in [0, 0.1) is 5.92 Å². The van der Waals surface area contributed by atoms with Gasteiger partial charge in [0.25, 0.3) is 0 Å². The Labute approximate surface area is 140 Å². The van der Waals surface area contributed by atoms with E-state index >= 15 is 0 Å². The average Bonchev–Trinajstić information content (AvgIpc) is 2.76. The van der Waals surface area contributed by atoms with Gasteiger partial charge in [-0.25, -0.2) is 0 Å². The first-order chi connectivity index (χ1) is 11.0. The van der Waals surface area contributed by atoms with Gasteiger partial charge < -0.3 is 10.0 Å². The third-order valence-electron chi connectivity index (χ3n) is 5.70. The highest BCUT2D eigenvalue weighted by Crippen LogP contribution is 2.47. The van der Waals surface area contributed by atoms with E-state index < -0.39 is 5.60 Å². The fourth-order valence-electron chi connectivity index (χ4n) is 4.46. The van der Waals surface area contributed by atoms with Crippen molar-refractivity contribution >= 4 is 23.3 Å². The summed E-state index contributed by atoms with van der Waals surface area (Å²) in [6.45, 7) is 0. The lowest BCUT2D eigenvalue weighted by Crippen LogP contribution is -2.55. The molecule has 2 atom stereocenters. The predicted octanol–water partition coefficient (Wildman–Crippen LogP) is 2.66. The summed E-state index contributed by atoms with van der Waals surface area (Å²) in [5.74, 6) is 0.188. The maximum absolute atomic E-state index is 12.7. The molecule has 4 rings (SSSR count). The van der Waals surface area contributed by atoms with E-state index in [4.69, 9.17) is 11.6 Å². The van der Waals surface area contributed by atoms with Gasteiger partial charge in [0.05, 0.1) is 11.5 Å². The fourth-order valence-corrected chi connectivity index (χ4v) is 4.58. The van der Waals surface area contributed by atoms with Gasteiger partial charge in [0.2, 0.25) is 5.91 Å². The van der Waals surface area contributed by atoms with E-state index in [9.17, 15) is 14.7 Å². The molecular formula is C18H20ClNO3. The first-order valence-electron chi connectivity index (χ1n) is 8.28. The molecule has 1 aliphatic carbocycles. The number of aliphatic hydroxyl groups is 1. The zero-order valence-electron chi connectivity index (χ0n) is 12.9. The minimum absolute atomic E-state index is 0.0811. The molecule has 4 nitrogen and oxygen atoms in total. The van der Waals surface area contributed by atoms with Crippen LogP contribution < -0.4 is 0 Å². The van der Waals surface area contributed by atoms with Crippen molar-refractivity contribution in [1.29, 1.82) is 0 Å². The van der Waals surface area contributed by atoms with E-state index in [0.29, 0.717) is 30.7 Å². The van der Waals surface area contributed by atoms with Crippen molar-refractivity contribution in [2.24, 2.45) is 5.92 Å². The van der Waals surface area contributed by atoms with Crippen LogP contribution in [-0.2, 0) is 15.2 Å². The van der Waals surface area contributed by atoms with E-state index in [2.05, 4.69) is 0 Å². The smallest absolute Gasteiger partial charge is 0.227 e. The molecule has 2 bridgehead atoms. The zero-order chi connectivity index (χ0) is 16.2. The van der Waals surface area contributed by atoms with Gasteiger partial charge >= 0.3 is 0 Å². The molecule has 2 unspecified atom stereocenters. The molecule has 2 saturated heterocycles. The molecule has 2 heterocycles. The molecule has 3 aliphatic rings. The third kappa shape index (κ3) is 2.48. The number of hydrogen-bond donors (Lipinski definition) is 1. The highest BCUT2D eigenvalue weighted by molar-refractivity contribution is 6.30. The van der Waals surface area contributed by atoms with Crippen molar-refractivity contribution in [1.82, 2.24) is 4.90 Å². The summed E-state index contributed by atoms with van der Waals surface area (Å²) in [5, 5.41) is 11.8. The Kier molecular flexibility index (Phi) is 3.50. The van der Waals surface area contributed by atoms with Gasteiger partial charge in [-0.15, -0.1) is 0 Å². The monoisotopic (exact) mass is 333 g/mol. The predicted molar refractivity (Wildman–Crippen MR) is 86.0 cm³/mol. The van der Waals surface area contributed by atoms with Gasteiger partial charge in [-0.2, -0.15) is 0 Å². The number of rotatable bonds is 2. The number of halogens is 1. The van der Waals surface area contributed by atoms with E-state index in [1.807, 2.05) is 17.0 Å². The minimum Gasteiger partial charge on any atom is -0.385 e. The Hall–Kier alpha value is -1.39. The van der Waals surface area contributed by atoms with E-state index in [0.717, 1.165) is 18.4 Å². The molecule has 122 valence electrons. The topological polar surface area (TPSA) is 57.6 Å². The van der Waals surface area contributed by atoms with Gasteiger partial charge in [-0.05, 0) is 30.5 Å². The van der Waals surface area contributed by atoms with Crippen molar-refractivity contribution in [2.45, 2.75) is 56.2 Å². The summed E-state index contributed by atoms with van der Waals surface area (Å²) < 4.78 is 0. The molecule has 1 saturated carbocycles. The number of carbonyl (C=O) groups excluding carboxylic acids is 2. The van der Waals surface area contributed by atoms with Crippen molar-refractivity contribution < 1.29 is 14.7 Å². The molecule has 1 aromatic carbocycles. The van der Waals surface area contributed by atoms with Crippen LogP contribution in [0.3, 0.4) is 0 Å². The lowest BCUT2D eigenvalue weighted by Gasteiger charge is -2.45. The zero-order valence-corrected chi connectivity index (χ0v) is 13.6. The Balaban J connectivity index is 1.54. The van der Waals surface area contributed by atoms with Crippen LogP contribution in [0.1, 0.15) is 44.1 Å². The highest BCUT2D eigenvalue weighted by Gasteiger charge is 2.51. The Morgan fingerprint density at radius 1 is 1.13 bits per heavy atom. The van der Waals surface area contributed by atoms with E-state index in [-0.39, 0.29) is 29.7 Å². The lowest BCUT2D eigenvalue weighted by molar-refractivity contribution is -0.153. The normalized spacial score (nSPS) is 33.7. The van der Waals surface area contributed by atoms with Gasteiger partial charge in [0.15, 0.2) is 0 Å². The molecule has 0 spiro atoms. The van der Waals surface area contributed by atoms with E-state index in [1.165, 1.54) is 0 Å². The molecule has 1 aromatic rings. The largest absolute Gasteiger partial charge is 0.385 e. The van der Waals surface area contributed by atoms with E-state index in [1.54, 1.807) is 12.1 Å². The Bertz CT molecular complexity index is 635. The number of hydrogen-bond acceptors (Lipinski definition) is 3. The van der Waals surface area contributed by atoms with Crippen molar-refractivity contribution in [2.75, 3.05) is 0 Å². The van der Waals surface area contributed by atoms with Crippen LogP contribution in [-0.4, -0.2) is 33.8 Å². The molecular weight excluding hydrogens is 314 g/mol. The highest BCUT2D eigenvalue weighted by atomic mass is 35.5. The molecule has 23 heavy (non-hydrogen) atoms. The van der Waals surface area contributed by atoms with Gasteiger partial charge in [0, 0.05) is 42.8 Å². The summed E-state index contributed by atoms with van der Waals surface area (Å²) >= 11 is 5.94. The van der Waals surface area contributed by atoms with Crippen molar-refractivity contribution in [3.8, 4) is 0 Å². The van der Waals surface area contributed by atoms with Gasteiger partial charge in [-0.3, -0.25) is 9.59 Å². The van der Waals surface area contributed by atoms with Crippen LogP contribution >= 0.6 is 11.6 Å². The quantitative estimate of drug-likeness (QED) is 0.905. The Morgan fingerprint density at radius 3 is 2.22 bits per heavy atom. The van der Waals surface area contributed by atoms with Gasteiger partial charge in [-0.1, -0.05) is 23.7 Å². The molecule has 0 radical (unpaired) electrons. The molecule has 2 aliphatic heterocycles. The fraction of sp³-hybridized carbons (Fsp3) is 0.556. The summed E-state index contributed by atoms with van der Waals surface area (Å²) in [5.41, 5.74) is -0.00690. The standard InChI is InChI=1S/C18H20ClNO3/c19-13-3-1-12(2-4-13)18(23)9-14-5-6-15(10-18)20(14)17(22)11-7-16(21)8-11/h1-4,11,14-15,23H,5-10H2. The van der Waals surface area contributed by atoms with Crippen LogP contribution in [0.4, 0.5) is 0 Å². The SMILES string of the molecule is O=C1CC(C(=O)N2C3CCC2CC(O)(c2ccc(Cl)cc2)C3)C1. The maximum atomic E-state index is 12.7. The number of nitrogens with zero attached hydrogens (tertiary/aromatic N) is 1. The van der Waals surface area contributed by atoms with Crippen molar-refractivity contribution in [3.63, 3.8) is 0 Å².